The highest BCUT2D eigenvalue weighted by Crippen LogP contribution is 2.29. The molecule has 23 heavy (non-hydrogen) atoms. The van der Waals surface area contributed by atoms with E-state index in [1.807, 2.05) is 72.8 Å². The van der Waals surface area contributed by atoms with Crippen molar-refractivity contribution in [2.75, 3.05) is 7.11 Å². The summed E-state index contributed by atoms with van der Waals surface area (Å²) in [5.41, 5.74) is 1.61. The average molecular weight is 303 g/mol. The van der Waals surface area contributed by atoms with Crippen molar-refractivity contribution in [3.05, 3.63) is 72.3 Å². The molecule has 0 unspecified atom stereocenters. The van der Waals surface area contributed by atoms with Crippen LogP contribution in [-0.2, 0) is 0 Å². The number of nitrogens with zero attached hydrogens (tertiary/aromatic N) is 1. The number of benzene rings is 3. The number of phenols is 1. The standard InChI is InChI=1S/C20H17NO2/c1-23-18-12-10-17(11-13-18)21-14-4-6-16-9-8-15-5-2-3-7-19(15)20(16)22/h2-14,22H,1H3/b6-4+,21-14?. The summed E-state index contributed by atoms with van der Waals surface area (Å²) in [4.78, 5) is 4.34. The minimum absolute atomic E-state index is 0.289. The molecule has 1 N–H and O–H groups in total. The molecule has 114 valence electrons. The van der Waals surface area contributed by atoms with Crippen LogP contribution in [0.2, 0.25) is 0 Å². The summed E-state index contributed by atoms with van der Waals surface area (Å²) < 4.78 is 5.11. The third-order valence-electron chi connectivity index (χ3n) is 3.59. The first kappa shape index (κ1) is 14.9. The molecule has 0 bridgehead atoms. The molecular weight excluding hydrogens is 286 g/mol. The van der Waals surface area contributed by atoms with Gasteiger partial charge in [-0.3, -0.25) is 4.99 Å². The Kier molecular flexibility index (Phi) is 4.39. The predicted molar refractivity (Wildman–Crippen MR) is 95.8 cm³/mol. The van der Waals surface area contributed by atoms with E-state index in [0.29, 0.717) is 0 Å². The molecule has 3 nitrogen and oxygen atoms in total. The van der Waals surface area contributed by atoms with Gasteiger partial charge in [-0.1, -0.05) is 36.4 Å². The molecule has 0 saturated heterocycles. The number of methoxy groups -OCH3 is 1. The van der Waals surface area contributed by atoms with Gasteiger partial charge in [-0.2, -0.15) is 0 Å². The van der Waals surface area contributed by atoms with Gasteiger partial charge in [0, 0.05) is 17.2 Å². The van der Waals surface area contributed by atoms with Crippen molar-refractivity contribution in [1.82, 2.24) is 0 Å². The lowest BCUT2D eigenvalue weighted by atomic mass is 10.1. The fourth-order valence-corrected chi connectivity index (χ4v) is 2.35. The van der Waals surface area contributed by atoms with Crippen molar-refractivity contribution in [3.8, 4) is 11.5 Å². The van der Waals surface area contributed by atoms with Gasteiger partial charge in [0.1, 0.15) is 11.5 Å². The summed E-state index contributed by atoms with van der Waals surface area (Å²) in [5.74, 6) is 1.10. The summed E-state index contributed by atoms with van der Waals surface area (Å²) in [6.45, 7) is 0. The van der Waals surface area contributed by atoms with Crippen molar-refractivity contribution in [1.29, 1.82) is 0 Å². The predicted octanol–water partition coefficient (Wildman–Crippen LogP) is 4.97. The second-order valence-electron chi connectivity index (χ2n) is 5.06. The van der Waals surface area contributed by atoms with Gasteiger partial charge in [0.25, 0.3) is 0 Å². The molecule has 0 spiro atoms. The maximum absolute atomic E-state index is 10.3. The number of hydrogen-bond acceptors (Lipinski definition) is 3. The maximum atomic E-state index is 10.3. The van der Waals surface area contributed by atoms with Crippen molar-refractivity contribution in [3.63, 3.8) is 0 Å². The normalized spacial score (nSPS) is 11.5. The first-order valence-corrected chi connectivity index (χ1v) is 7.33. The molecule has 3 heteroatoms. The molecule has 0 heterocycles. The van der Waals surface area contributed by atoms with E-state index in [1.165, 1.54) is 0 Å². The molecule has 0 aliphatic carbocycles. The molecule has 0 aromatic heterocycles. The second-order valence-corrected chi connectivity index (χ2v) is 5.06. The summed E-state index contributed by atoms with van der Waals surface area (Å²) in [5, 5.41) is 12.2. The minimum atomic E-state index is 0.289. The number of rotatable bonds is 4. The topological polar surface area (TPSA) is 41.8 Å². The largest absolute Gasteiger partial charge is 0.507 e. The van der Waals surface area contributed by atoms with Crippen LogP contribution in [0.1, 0.15) is 5.56 Å². The fourth-order valence-electron chi connectivity index (χ4n) is 2.35. The molecular formula is C20H17NO2. The molecule has 0 amide bonds. The van der Waals surface area contributed by atoms with Gasteiger partial charge >= 0.3 is 0 Å². The summed E-state index contributed by atoms with van der Waals surface area (Å²) >= 11 is 0. The molecule has 0 aliphatic rings. The van der Waals surface area contributed by atoms with Gasteiger partial charge in [-0.15, -0.1) is 0 Å². The summed E-state index contributed by atoms with van der Waals surface area (Å²) in [7, 11) is 1.64. The highest BCUT2D eigenvalue weighted by atomic mass is 16.5. The van der Waals surface area contributed by atoms with Crippen molar-refractivity contribution in [2.45, 2.75) is 0 Å². The third kappa shape index (κ3) is 3.40. The third-order valence-corrected chi connectivity index (χ3v) is 3.59. The average Bonchev–Trinajstić information content (AvgIpc) is 2.61. The molecule has 0 atom stereocenters. The molecule has 3 rings (SSSR count). The number of ether oxygens (including phenoxy) is 1. The van der Waals surface area contributed by atoms with E-state index < -0.39 is 0 Å². The molecule has 0 aliphatic heterocycles. The van der Waals surface area contributed by atoms with Crippen LogP contribution in [0, 0.1) is 0 Å². The van der Waals surface area contributed by atoms with Crippen molar-refractivity contribution in [2.24, 2.45) is 4.99 Å². The molecule has 0 fully saturated rings. The highest BCUT2D eigenvalue weighted by molar-refractivity contribution is 5.92. The van der Waals surface area contributed by atoms with Gasteiger partial charge < -0.3 is 9.84 Å². The lowest BCUT2D eigenvalue weighted by Gasteiger charge is -2.03. The van der Waals surface area contributed by atoms with Crippen molar-refractivity contribution < 1.29 is 9.84 Å². The van der Waals surface area contributed by atoms with Gasteiger partial charge in [0.15, 0.2) is 0 Å². The number of aromatic hydroxyl groups is 1. The van der Waals surface area contributed by atoms with Gasteiger partial charge in [0.2, 0.25) is 0 Å². The minimum Gasteiger partial charge on any atom is -0.507 e. The van der Waals surface area contributed by atoms with E-state index >= 15 is 0 Å². The Morgan fingerprint density at radius 2 is 1.74 bits per heavy atom. The van der Waals surface area contributed by atoms with Crippen molar-refractivity contribution >= 4 is 28.8 Å². The first-order valence-electron chi connectivity index (χ1n) is 7.33. The first-order chi connectivity index (χ1) is 11.3. The number of allylic oxidation sites excluding steroid dienone is 1. The lowest BCUT2D eigenvalue weighted by molar-refractivity contribution is 0.415. The molecule has 0 saturated carbocycles. The number of aliphatic imine (C=N–C) groups is 1. The Balaban J connectivity index is 1.77. The van der Waals surface area contributed by atoms with Gasteiger partial charge in [0.05, 0.1) is 12.8 Å². The van der Waals surface area contributed by atoms with Crippen LogP contribution >= 0.6 is 0 Å². The van der Waals surface area contributed by atoms with E-state index in [4.69, 9.17) is 4.74 Å². The van der Waals surface area contributed by atoms with E-state index in [1.54, 1.807) is 13.3 Å². The zero-order valence-electron chi connectivity index (χ0n) is 12.8. The Morgan fingerprint density at radius 3 is 2.52 bits per heavy atom. The lowest BCUT2D eigenvalue weighted by Crippen LogP contribution is -1.80. The molecule has 0 radical (unpaired) electrons. The monoisotopic (exact) mass is 303 g/mol. The van der Waals surface area contributed by atoms with Crippen LogP contribution in [0.15, 0.2) is 71.7 Å². The van der Waals surface area contributed by atoms with Crippen LogP contribution in [0.4, 0.5) is 5.69 Å². The van der Waals surface area contributed by atoms with Crippen LogP contribution in [-0.4, -0.2) is 18.4 Å². The maximum Gasteiger partial charge on any atom is 0.130 e. The van der Waals surface area contributed by atoms with Crippen LogP contribution in [0.3, 0.4) is 0 Å². The molecule has 3 aromatic carbocycles. The number of fused-ring (bicyclic) bond motifs is 1. The second kappa shape index (κ2) is 6.79. The van der Waals surface area contributed by atoms with Gasteiger partial charge in [-0.05, 0) is 41.8 Å². The van der Waals surface area contributed by atoms with Crippen LogP contribution in [0.5, 0.6) is 11.5 Å². The summed E-state index contributed by atoms with van der Waals surface area (Å²) in [6, 6.07) is 19.2. The Morgan fingerprint density at radius 1 is 0.957 bits per heavy atom. The van der Waals surface area contributed by atoms with Crippen LogP contribution < -0.4 is 4.74 Å². The van der Waals surface area contributed by atoms with E-state index in [-0.39, 0.29) is 5.75 Å². The number of hydrogen-bond donors (Lipinski definition) is 1. The van der Waals surface area contributed by atoms with Crippen LogP contribution in [0.25, 0.3) is 16.8 Å². The van der Waals surface area contributed by atoms with Gasteiger partial charge in [-0.25, -0.2) is 0 Å². The highest BCUT2D eigenvalue weighted by Gasteiger charge is 2.02. The Bertz CT molecular complexity index is 864. The summed E-state index contributed by atoms with van der Waals surface area (Å²) in [6.07, 6.45) is 5.36. The van der Waals surface area contributed by atoms with E-state index in [9.17, 15) is 5.11 Å². The zero-order valence-corrected chi connectivity index (χ0v) is 12.8. The molecule has 3 aromatic rings. The smallest absolute Gasteiger partial charge is 0.130 e. The number of phenolic OH excluding ortho intramolecular Hbond substituents is 1. The zero-order chi connectivity index (χ0) is 16.1. The Hall–Kier alpha value is -3.07. The van der Waals surface area contributed by atoms with E-state index in [2.05, 4.69) is 4.99 Å². The Labute approximate surface area is 135 Å². The quantitative estimate of drug-likeness (QED) is 0.691. The van der Waals surface area contributed by atoms with E-state index in [0.717, 1.165) is 27.8 Å². The fraction of sp³-hybridized carbons (Fsp3) is 0.0500. The SMILES string of the molecule is COc1ccc(N=C/C=C/c2ccc3ccccc3c2O)cc1.